The highest BCUT2D eigenvalue weighted by atomic mass is 79.9. The Bertz CT molecular complexity index is 623. The van der Waals surface area contributed by atoms with Gasteiger partial charge in [-0.15, -0.1) is 0 Å². The largest absolute Gasteiger partial charge is 0.456 e. The first-order valence-electron chi connectivity index (χ1n) is 7.28. The number of hydrogen-bond acceptors (Lipinski definition) is 2. The van der Waals surface area contributed by atoms with E-state index in [1.165, 1.54) is 16.7 Å². The van der Waals surface area contributed by atoms with Crippen LogP contribution in [0.4, 0.5) is 0 Å². The molecule has 0 saturated carbocycles. The van der Waals surface area contributed by atoms with Crippen molar-refractivity contribution in [1.29, 1.82) is 0 Å². The van der Waals surface area contributed by atoms with Crippen LogP contribution in [0.1, 0.15) is 36.5 Å². The van der Waals surface area contributed by atoms with E-state index in [-0.39, 0.29) is 0 Å². The molecule has 0 aliphatic carbocycles. The molecule has 3 heteroatoms. The standard InChI is InChI=1S/C18H22BrNO/c1-12(2)15-6-4-13(3)10-18(15)21-17-7-5-14(8-9-20)11-16(17)19/h4-7,10-12H,8-9,20H2,1-3H3. The lowest BCUT2D eigenvalue weighted by molar-refractivity contribution is 0.469. The Morgan fingerprint density at radius 2 is 1.86 bits per heavy atom. The average molecular weight is 348 g/mol. The zero-order valence-electron chi connectivity index (χ0n) is 12.8. The zero-order chi connectivity index (χ0) is 15.4. The third kappa shape index (κ3) is 4.08. The monoisotopic (exact) mass is 347 g/mol. The number of rotatable bonds is 5. The molecule has 2 N–H and O–H groups in total. The first-order chi connectivity index (χ1) is 10.0. The minimum atomic E-state index is 0.427. The van der Waals surface area contributed by atoms with Gasteiger partial charge in [-0.1, -0.05) is 32.0 Å². The van der Waals surface area contributed by atoms with Crippen molar-refractivity contribution in [2.24, 2.45) is 5.73 Å². The van der Waals surface area contributed by atoms with Crippen LogP contribution >= 0.6 is 15.9 Å². The van der Waals surface area contributed by atoms with Gasteiger partial charge in [0.25, 0.3) is 0 Å². The summed E-state index contributed by atoms with van der Waals surface area (Å²) in [5, 5.41) is 0. The van der Waals surface area contributed by atoms with Gasteiger partial charge >= 0.3 is 0 Å². The lowest BCUT2D eigenvalue weighted by atomic mass is 10.0. The number of benzene rings is 2. The smallest absolute Gasteiger partial charge is 0.141 e. The van der Waals surface area contributed by atoms with Crippen molar-refractivity contribution >= 4 is 15.9 Å². The minimum absolute atomic E-state index is 0.427. The van der Waals surface area contributed by atoms with Gasteiger partial charge in [-0.25, -0.2) is 0 Å². The highest BCUT2D eigenvalue weighted by molar-refractivity contribution is 9.10. The number of nitrogens with two attached hydrogens (primary N) is 1. The number of hydrogen-bond donors (Lipinski definition) is 1. The summed E-state index contributed by atoms with van der Waals surface area (Å²) in [6.45, 7) is 7.09. The molecular weight excluding hydrogens is 326 g/mol. The van der Waals surface area contributed by atoms with E-state index in [0.717, 1.165) is 22.4 Å². The van der Waals surface area contributed by atoms with E-state index in [4.69, 9.17) is 10.5 Å². The quantitative estimate of drug-likeness (QED) is 0.809. The van der Waals surface area contributed by atoms with E-state index >= 15 is 0 Å². The van der Waals surface area contributed by atoms with Gasteiger partial charge in [0, 0.05) is 0 Å². The van der Waals surface area contributed by atoms with Crippen LogP contribution in [-0.2, 0) is 6.42 Å². The van der Waals surface area contributed by atoms with E-state index in [1.807, 2.05) is 6.07 Å². The Balaban J connectivity index is 2.31. The summed E-state index contributed by atoms with van der Waals surface area (Å²) in [6.07, 6.45) is 0.876. The van der Waals surface area contributed by atoms with Crippen molar-refractivity contribution in [3.63, 3.8) is 0 Å². The van der Waals surface area contributed by atoms with E-state index < -0.39 is 0 Å². The molecule has 0 aliphatic heterocycles. The van der Waals surface area contributed by atoms with Gasteiger partial charge in [-0.3, -0.25) is 0 Å². The molecule has 0 heterocycles. The van der Waals surface area contributed by atoms with Crippen molar-refractivity contribution in [2.75, 3.05) is 6.54 Å². The second-order valence-electron chi connectivity index (χ2n) is 5.60. The molecule has 0 fully saturated rings. The number of ether oxygens (including phenoxy) is 1. The van der Waals surface area contributed by atoms with Gasteiger partial charge in [-0.05, 0) is 76.6 Å². The molecule has 2 aromatic rings. The summed E-state index contributed by atoms with van der Waals surface area (Å²) >= 11 is 3.59. The molecule has 0 aliphatic rings. The van der Waals surface area contributed by atoms with E-state index in [2.05, 4.69) is 67.0 Å². The molecule has 0 radical (unpaired) electrons. The third-order valence-corrected chi connectivity index (χ3v) is 4.06. The van der Waals surface area contributed by atoms with Crippen molar-refractivity contribution < 1.29 is 4.74 Å². The number of halogens is 1. The van der Waals surface area contributed by atoms with Crippen LogP contribution in [-0.4, -0.2) is 6.54 Å². The van der Waals surface area contributed by atoms with Crippen LogP contribution in [0, 0.1) is 6.92 Å². The fraction of sp³-hybridized carbons (Fsp3) is 0.333. The molecule has 0 spiro atoms. The first-order valence-corrected chi connectivity index (χ1v) is 8.07. The predicted octanol–water partition coefficient (Wildman–Crippen LogP) is 5.17. The molecule has 112 valence electrons. The van der Waals surface area contributed by atoms with Crippen LogP contribution in [0.5, 0.6) is 11.5 Å². The van der Waals surface area contributed by atoms with Crippen LogP contribution in [0.15, 0.2) is 40.9 Å². The Hall–Kier alpha value is -1.32. The van der Waals surface area contributed by atoms with E-state index in [0.29, 0.717) is 12.5 Å². The topological polar surface area (TPSA) is 35.2 Å². The van der Waals surface area contributed by atoms with Crippen LogP contribution < -0.4 is 10.5 Å². The molecule has 0 amide bonds. The van der Waals surface area contributed by atoms with E-state index in [1.54, 1.807) is 0 Å². The van der Waals surface area contributed by atoms with Gasteiger partial charge in [0.05, 0.1) is 4.47 Å². The van der Waals surface area contributed by atoms with E-state index in [9.17, 15) is 0 Å². The van der Waals surface area contributed by atoms with Gasteiger partial charge in [0.2, 0.25) is 0 Å². The van der Waals surface area contributed by atoms with Gasteiger partial charge in [0.1, 0.15) is 11.5 Å². The SMILES string of the molecule is Cc1ccc(C(C)C)c(Oc2ccc(CCN)cc2Br)c1. The lowest BCUT2D eigenvalue weighted by Crippen LogP contribution is -2.02. The molecule has 21 heavy (non-hydrogen) atoms. The Labute approximate surface area is 135 Å². The third-order valence-electron chi connectivity index (χ3n) is 3.44. The summed E-state index contributed by atoms with van der Waals surface area (Å²) in [5.41, 5.74) is 9.23. The summed E-state index contributed by atoms with van der Waals surface area (Å²) in [5.74, 6) is 2.19. The fourth-order valence-corrected chi connectivity index (χ4v) is 2.78. The molecule has 2 rings (SSSR count). The Morgan fingerprint density at radius 3 is 2.48 bits per heavy atom. The maximum atomic E-state index is 6.14. The van der Waals surface area contributed by atoms with Crippen LogP contribution in [0.25, 0.3) is 0 Å². The normalized spacial score (nSPS) is 11.0. The maximum absolute atomic E-state index is 6.14. The molecule has 2 aromatic carbocycles. The highest BCUT2D eigenvalue weighted by Crippen LogP contribution is 2.35. The van der Waals surface area contributed by atoms with Crippen LogP contribution in [0.3, 0.4) is 0 Å². The Morgan fingerprint density at radius 1 is 1.10 bits per heavy atom. The molecule has 0 aromatic heterocycles. The maximum Gasteiger partial charge on any atom is 0.141 e. The van der Waals surface area contributed by atoms with Crippen molar-refractivity contribution in [2.45, 2.75) is 33.1 Å². The molecule has 0 unspecified atom stereocenters. The lowest BCUT2D eigenvalue weighted by Gasteiger charge is -2.16. The van der Waals surface area contributed by atoms with Crippen LogP contribution in [0.2, 0.25) is 0 Å². The van der Waals surface area contributed by atoms with Crippen molar-refractivity contribution in [3.8, 4) is 11.5 Å². The summed E-state index contributed by atoms with van der Waals surface area (Å²) in [4.78, 5) is 0. The van der Waals surface area contributed by atoms with Crippen molar-refractivity contribution in [3.05, 3.63) is 57.6 Å². The first kappa shape index (κ1) is 16.1. The van der Waals surface area contributed by atoms with Crippen molar-refractivity contribution in [1.82, 2.24) is 0 Å². The number of aryl methyl sites for hydroxylation is 1. The molecule has 0 atom stereocenters. The summed E-state index contributed by atoms with van der Waals surface area (Å²) in [7, 11) is 0. The average Bonchev–Trinajstić information content (AvgIpc) is 2.42. The molecule has 0 bridgehead atoms. The molecule has 0 saturated heterocycles. The molecule has 2 nitrogen and oxygen atoms in total. The van der Waals surface area contributed by atoms with Gasteiger partial charge < -0.3 is 10.5 Å². The predicted molar refractivity (Wildman–Crippen MR) is 92.2 cm³/mol. The van der Waals surface area contributed by atoms with Gasteiger partial charge in [0.15, 0.2) is 0 Å². The summed E-state index contributed by atoms with van der Waals surface area (Å²) in [6, 6.07) is 12.5. The molecular formula is C18H22BrNO. The Kier molecular flexibility index (Phi) is 5.43. The minimum Gasteiger partial charge on any atom is -0.456 e. The second-order valence-corrected chi connectivity index (χ2v) is 6.46. The highest BCUT2D eigenvalue weighted by Gasteiger charge is 2.11. The second kappa shape index (κ2) is 7.10. The summed E-state index contributed by atoms with van der Waals surface area (Å²) < 4.78 is 7.10. The van der Waals surface area contributed by atoms with Gasteiger partial charge in [-0.2, -0.15) is 0 Å². The fourth-order valence-electron chi connectivity index (χ4n) is 2.27. The zero-order valence-corrected chi connectivity index (χ0v) is 14.4.